The van der Waals surface area contributed by atoms with Gasteiger partial charge in [-0.1, -0.05) is 25.1 Å². The number of H-pyrrole nitrogens is 1. The molecule has 0 saturated carbocycles. The Labute approximate surface area is 224 Å². The Balaban J connectivity index is 0.000000305. The van der Waals surface area contributed by atoms with E-state index in [-0.39, 0.29) is 0 Å². The van der Waals surface area contributed by atoms with Gasteiger partial charge in [0.25, 0.3) is 0 Å². The number of phenols is 2. The molecule has 1 aromatic heterocycles. The number of benzene rings is 2. The summed E-state index contributed by atoms with van der Waals surface area (Å²) in [6.45, 7) is 5.80. The van der Waals surface area contributed by atoms with Crippen molar-refractivity contribution >= 4 is 11.4 Å². The Kier molecular flexibility index (Phi) is 13.6. The third-order valence-electron chi connectivity index (χ3n) is 5.55. The van der Waals surface area contributed by atoms with Crippen LogP contribution in [0, 0.1) is 6.92 Å². The number of anilines is 2. The van der Waals surface area contributed by atoms with E-state index < -0.39 is 0 Å². The Morgan fingerprint density at radius 3 is 1.92 bits per heavy atom. The topological polar surface area (TPSA) is 82.1 Å². The van der Waals surface area contributed by atoms with Crippen molar-refractivity contribution in [2.45, 2.75) is 33.2 Å². The third-order valence-corrected chi connectivity index (χ3v) is 5.55. The monoisotopic (exact) mass is 512 g/mol. The smallest absolute Gasteiger partial charge is 0.142 e. The standard InChI is InChI=1S/C14H25N3O.C9H13NO.C6H10N2/c1-15(2)8-7-11-9-12(16(3)4)10-13(14(11)18)17(5)6;1-10(2)7-8-5-3-4-6-9(8)11;1-3-6-7-4-5(2)8-6/h9-10,18H,7-8H2,1-6H3;3-6,11H,7H2,1-2H3;4H,3H2,1-2H3,(H,7,8). The van der Waals surface area contributed by atoms with Crippen LogP contribution in [0.4, 0.5) is 11.4 Å². The van der Waals surface area contributed by atoms with Gasteiger partial charge in [0, 0.05) is 70.8 Å². The highest BCUT2D eigenvalue weighted by Gasteiger charge is 2.12. The minimum Gasteiger partial charge on any atom is -0.508 e. The van der Waals surface area contributed by atoms with Crippen molar-refractivity contribution in [2.24, 2.45) is 0 Å². The second kappa shape index (κ2) is 15.8. The number of nitrogens with zero attached hydrogens (tertiary/aromatic N) is 5. The molecule has 8 heteroatoms. The van der Waals surface area contributed by atoms with E-state index in [2.05, 4.69) is 32.8 Å². The number of imidazole rings is 1. The fraction of sp³-hybridized carbons (Fsp3) is 0.483. The molecule has 37 heavy (non-hydrogen) atoms. The van der Waals surface area contributed by atoms with Gasteiger partial charge in [-0.2, -0.15) is 0 Å². The predicted molar refractivity (Wildman–Crippen MR) is 157 cm³/mol. The molecule has 2 aromatic carbocycles. The summed E-state index contributed by atoms with van der Waals surface area (Å²) in [5.41, 5.74) is 5.10. The summed E-state index contributed by atoms with van der Waals surface area (Å²) < 4.78 is 0. The molecule has 0 bridgehead atoms. The maximum atomic E-state index is 10.3. The van der Waals surface area contributed by atoms with Gasteiger partial charge in [-0.05, 0) is 65.3 Å². The number of likely N-dealkylation sites (N-methyl/N-ethyl adjacent to an activating group) is 1. The highest BCUT2D eigenvalue weighted by atomic mass is 16.3. The molecule has 0 radical (unpaired) electrons. The Bertz CT molecular complexity index is 1060. The number of aromatic hydroxyl groups is 2. The van der Waals surface area contributed by atoms with Gasteiger partial charge in [0.15, 0.2) is 0 Å². The summed E-state index contributed by atoms with van der Waals surface area (Å²) in [6, 6.07) is 11.5. The Morgan fingerprint density at radius 2 is 1.49 bits per heavy atom. The largest absolute Gasteiger partial charge is 0.508 e. The number of phenolic OH excluding ortho intramolecular Hbond substituents is 2. The molecule has 0 spiro atoms. The van der Waals surface area contributed by atoms with E-state index >= 15 is 0 Å². The van der Waals surface area contributed by atoms with E-state index in [1.165, 1.54) is 0 Å². The normalized spacial score (nSPS) is 10.5. The first-order chi connectivity index (χ1) is 17.3. The molecule has 0 amide bonds. The quantitative estimate of drug-likeness (QED) is 0.414. The summed E-state index contributed by atoms with van der Waals surface area (Å²) in [4.78, 5) is 15.3. The van der Waals surface area contributed by atoms with E-state index in [0.29, 0.717) is 11.5 Å². The number of hydrogen-bond donors (Lipinski definition) is 3. The second-order valence-electron chi connectivity index (χ2n) is 10.0. The van der Waals surface area contributed by atoms with Gasteiger partial charge in [-0.15, -0.1) is 0 Å². The lowest BCUT2D eigenvalue weighted by atomic mass is 10.1. The van der Waals surface area contributed by atoms with Crippen LogP contribution in [0.15, 0.2) is 42.6 Å². The van der Waals surface area contributed by atoms with E-state index in [9.17, 15) is 10.2 Å². The predicted octanol–water partition coefficient (Wildman–Crippen LogP) is 4.36. The highest BCUT2D eigenvalue weighted by molar-refractivity contribution is 5.69. The van der Waals surface area contributed by atoms with Crippen LogP contribution in [0.1, 0.15) is 29.6 Å². The minimum atomic E-state index is 0.376. The van der Waals surface area contributed by atoms with Gasteiger partial charge in [-0.3, -0.25) is 0 Å². The van der Waals surface area contributed by atoms with Crippen molar-refractivity contribution < 1.29 is 10.2 Å². The van der Waals surface area contributed by atoms with Crippen molar-refractivity contribution in [1.82, 2.24) is 19.8 Å². The van der Waals surface area contributed by atoms with Gasteiger partial charge < -0.3 is 34.8 Å². The first-order valence-corrected chi connectivity index (χ1v) is 12.6. The molecule has 0 saturated heterocycles. The minimum absolute atomic E-state index is 0.376. The van der Waals surface area contributed by atoms with Gasteiger partial charge in [0.2, 0.25) is 0 Å². The van der Waals surface area contributed by atoms with Gasteiger partial charge in [0.05, 0.1) is 5.69 Å². The summed E-state index contributed by atoms with van der Waals surface area (Å²) >= 11 is 0. The molecular formula is C29H48N6O2. The van der Waals surface area contributed by atoms with E-state index in [1.807, 2.05) is 104 Å². The maximum absolute atomic E-state index is 10.3. The van der Waals surface area contributed by atoms with E-state index in [4.69, 9.17) is 0 Å². The van der Waals surface area contributed by atoms with Gasteiger partial charge in [-0.25, -0.2) is 4.98 Å². The highest BCUT2D eigenvalue weighted by Crippen LogP contribution is 2.34. The molecule has 1 heterocycles. The number of aromatic amines is 1. The zero-order valence-electron chi connectivity index (χ0n) is 24.5. The number of aromatic nitrogens is 2. The molecule has 0 atom stereocenters. The van der Waals surface area contributed by atoms with Crippen LogP contribution >= 0.6 is 0 Å². The zero-order valence-corrected chi connectivity index (χ0v) is 24.5. The third kappa shape index (κ3) is 11.6. The lowest BCUT2D eigenvalue weighted by Crippen LogP contribution is -2.17. The molecular weight excluding hydrogens is 464 g/mol. The average molecular weight is 513 g/mol. The van der Waals surface area contributed by atoms with Crippen LogP contribution in [0.3, 0.4) is 0 Å². The number of aryl methyl sites for hydroxylation is 2. The molecule has 206 valence electrons. The van der Waals surface area contributed by atoms with Crippen molar-refractivity contribution in [3.63, 3.8) is 0 Å². The van der Waals surface area contributed by atoms with Crippen molar-refractivity contribution in [3.05, 3.63) is 65.2 Å². The van der Waals surface area contributed by atoms with Crippen molar-refractivity contribution in [1.29, 1.82) is 0 Å². The molecule has 0 aliphatic heterocycles. The number of rotatable bonds is 8. The average Bonchev–Trinajstić information content (AvgIpc) is 3.25. The van der Waals surface area contributed by atoms with Crippen LogP contribution in [0.2, 0.25) is 0 Å². The lowest BCUT2D eigenvalue weighted by molar-refractivity contribution is 0.386. The lowest BCUT2D eigenvalue weighted by Gasteiger charge is -2.22. The van der Waals surface area contributed by atoms with Crippen molar-refractivity contribution in [2.75, 3.05) is 72.7 Å². The van der Waals surface area contributed by atoms with Crippen LogP contribution in [-0.2, 0) is 19.4 Å². The maximum Gasteiger partial charge on any atom is 0.142 e. The summed E-state index contributed by atoms with van der Waals surface area (Å²) in [7, 11) is 16.0. The molecule has 3 aromatic rings. The molecule has 0 fully saturated rings. The fourth-order valence-electron chi connectivity index (χ4n) is 3.43. The van der Waals surface area contributed by atoms with Gasteiger partial charge in [0.1, 0.15) is 17.3 Å². The number of hydrogen-bond acceptors (Lipinski definition) is 7. The Morgan fingerprint density at radius 1 is 0.838 bits per heavy atom. The number of para-hydroxylation sites is 1. The zero-order chi connectivity index (χ0) is 28.1. The fourth-order valence-corrected chi connectivity index (χ4v) is 3.43. The van der Waals surface area contributed by atoms with Crippen LogP contribution in [0.25, 0.3) is 0 Å². The first kappa shape index (κ1) is 31.8. The molecule has 0 aliphatic carbocycles. The summed E-state index contributed by atoms with van der Waals surface area (Å²) in [6.07, 6.45) is 3.69. The molecule has 0 aliphatic rings. The molecule has 3 N–H and O–H groups in total. The molecule has 0 unspecified atom stereocenters. The van der Waals surface area contributed by atoms with Crippen molar-refractivity contribution in [3.8, 4) is 11.5 Å². The molecule has 8 nitrogen and oxygen atoms in total. The van der Waals surface area contributed by atoms with Gasteiger partial charge >= 0.3 is 0 Å². The van der Waals surface area contributed by atoms with Crippen LogP contribution < -0.4 is 9.80 Å². The Hall–Kier alpha value is -3.23. The summed E-state index contributed by atoms with van der Waals surface area (Å²) in [5.74, 6) is 1.84. The summed E-state index contributed by atoms with van der Waals surface area (Å²) in [5, 5.41) is 19.6. The van der Waals surface area contributed by atoms with E-state index in [1.54, 1.807) is 6.07 Å². The van der Waals surface area contributed by atoms with Crippen LogP contribution in [0.5, 0.6) is 11.5 Å². The molecule has 3 rings (SSSR count). The number of nitrogens with one attached hydrogen (secondary N) is 1. The second-order valence-corrected chi connectivity index (χ2v) is 10.0. The SMILES string of the molecule is CCc1ncc(C)[nH]1.CN(C)CCc1cc(N(C)C)cc(N(C)C)c1O.CN(C)Cc1ccccc1O. The first-order valence-electron chi connectivity index (χ1n) is 12.6. The van der Waals surface area contributed by atoms with E-state index in [0.717, 1.165) is 60.0 Å². The van der Waals surface area contributed by atoms with Crippen LogP contribution in [-0.4, -0.2) is 92.9 Å².